The third-order valence-electron chi connectivity index (χ3n) is 3.71. The second kappa shape index (κ2) is 8.17. The van der Waals surface area contributed by atoms with Crippen LogP contribution in [-0.4, -0.2) is 40.5 Å². The van der Waals surface area contributed by atoms with Gasteiger partial charge >= 0.3 is 0 Å². The van der Waals surface area contributed by atoms with Gasteiger partial charge in [-0.2, -0.15) is 0 Å². The monoisotopic (exact) mass is 294 g/mol. The highest BCUT2D eigenvalue weighted by molar-refractivity contribution is 5.82. The van der Waals surface area contributed by atoms with Crippen LogP contribution in [0, 0.1) is 5.92 Å². The standard InChI is InChI=1S/C16H30N4O/c1-12(2)8-7-9-13(3)18-16(21)15(19(4)5)14-10-17-11-20(14)6/h10-13,15H,7-9H2,1-6H3,(H,18,21)/t13-,15-/m1/s1. The van der Waals surface area contributed by atoms with Crippen LogP contribution >= 0.6 is 0 Å². The van der Waals surface area contributed by atoms with E-state index < -0.39 is 0 Å². The molecule has 2 atom stereocenters. The van der Waals surface area contributed by atoms with E-state index in [0.717, 1.165) is 24.5 Å². The van der Waals surface area contributed by atoms with Crippen LogP contribution in [0.15, 0.2) is 12.5 Å². The lowest BCUT2D eigenvalue weighted by Crippen LogP contribution is -2.41. The molecule has 0 unspecified atom stereocenters. The Morgan fingerprint density at radius 3 is 2.48 bits per heavy atom. The maximum atomic E-state index is 12.5. The summed E-state index contributed by atoms with van der Waals surface area (Å²) in [4.78, 5) is 18.6. The van der Waals surface area contributed by atoms with E-state index >= 15 is 0 Å². The number of rotatable bonds is 8. The predicted molar refractivity (Wildman–Crippen MR) is 85.9 cm³/mol. The van der Waals surface area contributed by atoms with E-state index in [0.29, 0.717) is 0 Å². The van der Waals surface area contributed by atoms with E-state index in [9.17, 15) is 4.79 Å². The van der Waals surface area contributed by atoms with Crippen molar-refractivity contribution in [3.8, 4) is 0 Å². The zero-order valence-electron chi connectivity index (χ0n) is 14.3. The highest BCUT2D eigenvalue weighted by atomic mass is 16.2. The van der Waals surface area contributed by atoms with Gasteiger partial charge < -0.3 is 9.88 Å². The number of likely N-dealkylation sites (N-methyl/N-ethyl adjacent to an activating group) is 1. The molecule has 0 fully saturated rings. The van der Waals surface area contributed by atoms with Crippen LogP contribution < -0.4 is 5.32 Å². The Morgan fingerprint density at radius 2 is 2.00 bits per heavy atom. The molecule has 0 bridgehead atoms. The molecule has 0 aliphatic rings. The molecule has 21 heavy (non-hydrogen) atoms. The first-order valence-corrected chi connectivity index (χ1v) is 7.76. The number of aryl methyl sites for hydroxylation is 1. The molecular weight excluding hydrogens is 264 g/mol. The number of nitrogens with zero attached hydrogens (tertiary/aromatic N) is 3. The molecule has 1 heterocycles. The normalized spacial score (nSPS) is 14.5. The Kier molecular flexibility index (Phi) is 6.89. The van der Waals surface area contributed by atoms with Gasteiger partial charge in [0.1, 0.15) is 6.04 Å². The number of hydrogen-bond acceptors (Lipinski definition) is 3. The Labute approximate surface area is 128 Å². The molecule has 1 aromatic rings. The van der Waals surface area contributed by atoms with Crippen molar-refractivity contribution in [2.75, 3.05) is 14.1 Å². The maximum Gasteiger partial charge on any atom is 0.243 e. The molecule has 1 N–H and O–H groups in total. The lowest BCUT2D eigenvalue weighted by Gasteiger charge is -2.25. The molecule has 5 heteroatoms. The van der Waals surface area contributed by atoms with E-state index in [1.165, 1.54) is 6.42 Å². The minimum atomic E-state index is -0.301. The molecule has 0 aromatic carbocycles. The third-order valence-corrected chi connectivity index (χ3v) is 3.71. The SMILES string of the molecule is CC(C)CCC[C@@H](C)NC(=O)[C@@H](c1cncn1C)N(C)C. The van der Waals surface area contributed by atoms with Crippen LogP contribution in [0.25, 0.3) is 0 Å². The molecule has 0 saturated carbocycles. The van der Waals surface area contributed by atoms with Gasteiger partial charge in [0.15, 0.2) is 0 Å². The summed E-state index contributed by atoms with van der Waals surface area (Å²) in [5, 5.41) is 3.13. The molecule has 0 aliphatic heterocycles. The quantitative estimate of drug-likeness (QED) is 0.800. The van der Waals surface area contributed by atoms with E-state index in [1.807, 2.05) is 30.6 Å². The predicted octanol–water partition coefficient (Wildman–Crippen LogP) is 2.35. The molecule has 0 saturated heterocycles. The van der Waals surface area contributed by atoms with Gasteiger partial charge in [-0.1, -0.05) is 26.7 Å². The molecular formula is C16H30N4O. The summed E-state index contributed by atoms with van der Waals surface area (Å²) >= 11 is 0. The fourth-order valence-corrected chi connectivity index (χ4v) is 2.49. The van der Waals surface area contributed by atoms with Crippen LogP contribution in [0.2, 0.25) is 0 Å². The topological polar surface area (TPSA) is 50.2 Å². The molecule has 1 amide bonds. The number of amides is 1. The average Bonchev–Trinajstić information content (AvgIpc) is 2.74. The minimum absolute atomic E-state index is 0.0423. The summed E-state index contributed by atoms with van der Waals surface area (Å²) in [6.07, 6.45) is 6.87. The Balaban J connectivity index is 2.60. The van der Waals surface area contributed by atoms with Crippen LogP contribution in [0.1, 0.15) is 51.8 Å². The number of aromatic nitrogens is 2. The third kappa shape index (κ3) is 5.50. The lowest BCUT2D eigenvalue weighted by atomic mass is 10.0. The van der Waals surface area contributed by atoms with Gasteiger partial charge in [-0.05, 0) is 33.4 Å². The largest absolute Gasteiger partial charge is 0.352 e. The van der Waals surface area contributed by atoms with Crippen molar-refractivity contribution in [1.82, 2.24) is 19.8 Å². The van der Waals surface area contributed by atoms with E-state index in [-0.39, 0.29) is 18.0 Å². The minimum Gasteiger partial charge on any atom is -0.352 e. The molecule has 0 spiro atoms. The second-order valence-electron chi connectivity index (χ2n) is 6.53. The van der Waals surface area contributed by atoms with Gasteiger partial charge in [-0.15, -0.1) is 0 Å². The van der Waals surface area contributed by atoms with Crippen LogP contribution in [-0.2, 0) is 11.8 Å². The molecule has 0 aliphatic carbocycles. The van der Waals surface area contributed by atoms with Crippen molar-refractivity contribution < 1.29 is 4.79 Å². The summed E-state index contributed by atoms with van der Waals surface area (Å²) in [7, 11) is 5.75. The first-order valence-electron chi connectivity index (χ1n) is 7.76. The highest BCUT2D eigenvalue weighted by Gasteiger charge is 2.26. The summed E-state index contributed by atoms with van der Waals surface area (Å²) in [6, 6.07) is -0.100. The van der Waals surface area contributed by atoms with Gasteiger partial charge in [0.05, 0.1) is 18.2 Å². The van der Waals surface area contributed by atoms with Crippen molar-refractivity contribution in [3.05, 3.63) is 18.2 Å². The first kappa shape index (κ1) is 17.7. The van der Waals surface area contributed by atoms with Crippen molar-refractivity contribution in [3.63, 3.8) is 0 Å². The van der Waals surface area contributed by atoms with Crippen LogP contribution in [0.5, 0.6) is 0 Å². The Morgan fingerprint density at radius 1 is 1.33 bits per heavy atom. The molecule has 0 radical (unpaired) electrons. The maximum absolute atomic E-state index is 12.5. The number of carbonyl (C=O) groups is 1. The van der Waals surface area contributed by atoms with Gasteiger partial charge in [-0.3, -0.25) is 9.69 Å². The Bertz CT molecular complexity index is 439. The van der Waals surface area contributed by atoms with Crippen LogP contribution in [0.4, 0.5) is 0 Å². The van der Waals surface area contributed by atoms with Gasteiger partial charge in [0, 0.05) is 13.1 Å². The van der Waals surface area contributed by atoms with Crippen molar-refractivity contribution in [1.29, 1.82) is 0 Å². The zero-order valence-corrected chi connectivity index (χ0v) is 14.3. The first-order chi connectivity index (χ1) is 9.82. The number of nitrogens with one attached hydrogen (secondary N) is 1. The number of imidazole rings is 1. The van der Waals surface area contributed by atoms with Crippen molar-refractivity contribution >= 4 is 5.91 Å². The fourth-order valence-electron chi connectivity index (χ4n) is 2.49. The number of hydrogen-bond donors (Lipinski definition) is 1. The highest BCUT2D eigenvalue weighted by Crippen LogP contribution is 2.18. The molecule has 1 aromatic heterocycles. The van der Waals surface area contributed by atoms with Gasteiger partial charge in [-0.25, -0.2) is 4.98 Å². The van der Waals surface area contributed by atoms with E-state index in [4.69, 9.17) is 0 Å². The van der Waals surface area contributed by atoms with Crippen molar-refractivity contribution in [2.45, 2.75) is 52.1 Å². The zero-order chi connectivity index (χ0) is 16.0. The van der Waals surface area contributed by atoms with E-state index in [1.54, 1.807) is 12.5 Å². The summed E-state index contributed by atoms with van der Waals surface area (Å²) < 4.78 is 1.90. The summed E-state index contributed by atoms with van der Waals surface area (Å²) in [5.74, 6) is 0.762. The Hall–Kier alpha value is -1.36. The van der Waals surface area contributed by atoms with Crippen LogP contribution in [0.3, 0.4) is 0 Å². The smallest absolute Gasteiger partial charge is 0.243 e. The second-order valence-corrected chi connectivity index (χ2v) is 6.53. The summed E-state index contributed by atoms with van der Waals surface area (Å²) in [6.45, 7) is 6.54. The molecule has 1 rings (SSSR count). The summed E-state index contributed by atoms with van der Waals surface area (Å²) in [5.41, 5.74) is 0.909. The van der Waals surface area contributed by atoms with Crippen molar-refractivity contribution in [2.24, 2.45) is 13.0 Å². The fraction of sp³-hybridized carbons (Fsp3) is 0.750. The van der Waals surface area contributed by atoms with Gasteiger partial charge in [0.2, 0.25) is 5.91 Å². The molecule has 120 valence electrons. The average molecular weight is 294 g/mol. The van der Waals surface area contributed by atoms with Gasteiger partial charge in [0.25, 0.3) is 0 Å². The van der Waals surface area contributed by atoms with E-state index in [2.05, 4.69) is 31.1 Å². The molecule has 5 nitrogen and oxygen atoms in total. The lowest BCUT2D eigenvalue weighted by molar-refractivity contribution is -0.126. The number of carbonyl (C=O) groups excluding carboxylic acids is 1.